The molecule has 2 heterocycles. The van der Waals surface area contributed by atoms with Gasteiger partial charge in [-0.1, -0.05) is 0 Å². The molecular weight excluding hydrogens is 202 g/mol. The summed E-state index contributed by atoms with van der Waals surface area (Å²) in [5, 5.41) is 0. The van der Waals surface area contributed by atoms with E-state index in [4.69, 9.17) is 10.5 Å². The normalized spacial score (nSPS) is 21.6. The van der Waals surface area contributed by atoms with Crippen molar-refractivity contribution in [2.24, 2.45) is 0 Å². The second-order valence-corrected chi connectivity index (χ2v) is 4.81. The number of nitrogens with zero attached hydrogens (tertiary/aromatic N) is 2. The van der Waals surface area contributed by atoms with Gasteiger partial charge in [-0.2, -0.15) is 0 Å². The smallest absolute Gasteiger partial charge is 0.127 e. The van der Waals surface area contributed by atoms with Gasteiger partial charge in [0, 0.05) is 18.6 Å². The Morgan fingerprint density at radius 2 is 2.25 bits per heavy atom. The van der Waals surface area contributed by atoms with Crippen LogP contribution in [0.3, 0.4) is 0 Å². The fourth-order valence-electron chi connectivity index (χ4n) is 2.49. The van der Waals surface area contributed by atoms with Crippen molar-refractivity contribution in [1.82, 2.24) is 9.55 Å². The van der Waals surface area contributed by atoms with E-state index in [9.17, 15) is 0 Å². The highest BCUT2D eigenvalue weighted by atomic mass is 16.5. The molecule has 2 N–H and O–H groups in total. The SMILES string of the molecule is Cc1nc(C2CCCOC2)c(N)n1C(C)C. The molecule has 0 aromatic carbocycles. The Balaban J connectivity index is 2.30. The molecule has 1 aromatic rings. The molecule has 1 atom stereocenters. The molecule has 0 bridgehead atoms. The van der Waals surface area contributed by atoms with Crippen LogP contribution in [0.15, 0.2) is 0 Å². The number of aryl methyl sites for hydroxylation is 1. The number of nitrogen functional groups attached to an aromatic ring is 1. The zero-order valence-electron chi connectivity index (χ0n) is 10.4. The predicted octanol–water partition coefficient (Wildman–Crippen LogP) is 2.25. The van der Waals surface area contributed by atoms with Gasteiger partial charge in [-0.15, -0.1) is 0 Å². The standard InChI is InChI=1S/C12H21N3O/c1-8(2)15-9(3)14-11(12(15)13)10-5-4-6-16-7-10/h8,10H,4-7,13H2,1-3H3. The summed E-state index contributed by atoms with van der Waals surface area (Å²) >= 11 is 0. The van der Waals surface area contributed by atoms with Crippen molar-refractivity contribution in [1.29, 1.82) is 0 Å². The van der Waals surface area contributed by atoms with Gasteiger partial charge in [0.15, 0.2) is 0 Å². The summed E-state index contributed by atoms with van der Waals surface area (Å²) < 4.78 is 7.60. The van der Waals surface area contributed by atoms with E-state index in [1.54, 1.807) is 0 Å². The molecule has 1 aliphatic heterocycles. The van der Waals surface area contributed by atoms with E-state index in [1.807, 2.05) is 6.92 Å². The van der Waals surface area contributed by atoms with Gasteiger partial charge in [0.25, 0.3) is 0 Å². The van der Waals surface area contributed by atoms with Crippen LogP contribution in [0.4, 0.5) is 5.82 Å². The maximum absolute atomic E-state index is 6.18. The van der Waals surface area contributed by atoms with Gasteiger partial charge in [-0.05, 0) is 33.6 Å². The van der Waals surface area contributed by atoms with Crippen molar-refractivity contribution in [3.05, 3.63) is 11.5 Å². The first-order valence-electron chi connectivity index (χ1n) is 6.03. The van der Waals surface area contributed by atoms with Crippen molar-refractivity contribution in [2.45, 2.75) is 45.6 Å². The van der Waals surface area contributed by atoms with E-state index >= 15 is 0 Å². The highest BCUT2D eigenvalue weighted by Gasteiger charge is 2.24. The summed E-state index contributed by atoms with van der Waals surface area (Å²) in [7, 11) is 0. The first-order chi connectivity index (χ1) is 7.61. The lowest BCUT2D eigenvalue weighted by Crippen LogP contribution is -2.17. The van der Waals surface area contributed by atoms with Crippen molar-refractivity contribution in [3.8, 4) is 0 Å². The molecule has 1 fully saturated rings. The lowest BCUT2D eigenvalue weighted by Gasteiger charge is -2.21. The lowest BCUT2D eigenvalue weighted by molar-refractivity contribution is 0.0796. The molecule has 2 rings (SSSR count). The van der Waals surface area contributed by atoms with Crippen LogP contribution in [-0.2, 0) is 4.74 Å². The maximum atomic E-state index is 6.18. The minimum atomic E-state index is 0.366. The van der Waals surface area contributed by atoms with Crippen LogP contribution in [-0.4, -0.2) is 22.8 Å². The highest BCUT2D eigenvalue weighted by Crippen LogP contribution is 2.31. The molecule has 0 amide bonds. The van der Waals surface area contributed by atoms with Crippen LogP contribution in [0.2, 0.25) is 0 Å². The summed E-state index contributed by atoms with van der Waals surface area (Å²) in [6.45, 7) is 7.92. The van der Waals surface area contributed by atoms with Crippen molar-refractivity contribution in [3.63, 3.8) is 0 Å². The van der Waals surface area contributed by atoms with E-state index in [1.165, 1.54) is 0 Å². The summed E-state index contributed by atoms with van der Waals surface area (Å²) in [5.41, 5.74) is 7.21. The van der Waals surface area contributed by atoms with Gasteiger partial charge < -0.3 is 15.0 Å². The second-order valence-electron chi connectivity index (χ2n) is 4.81. The first kappa shape index (κ1) is 11.5. The molecule has 4 heteroatoms. The molecule has 1 unspecified atom stereocenters. The highest BCUT2D eigenvalue weighted by molar-refractivity contribution is 5.41. The van der Waals surface area contributed by atoms with Crippen LogP contribution in [0.5, 0.6) is 0 Å². The van der Waals surface area contributed by atoms with Gasteiger partial charge in [-0.3, -0.25) is 0 Å². The van der Waals surface area contributed by atoms with Gasteiger partial charge >= 0.3 is 0 Å². The average molecular weight is 223 g/mol. The number of ether oxygens (including phenoxy) is 1. The Hall–Kier alpha value is -1.03. The zero-order valence-corrected chi connectivity index (χ0v) is 10.4. The Labute approximate surface area is 96.8 Å². The quantitative estimate of drug-likeness (QED) is 0.836. The average Bonchev–Trinajstić information content (AvgIpc) is 2.55. The predicted molar refractivity (Wildman–Crippen MR) is 64.6 cm³/mol. The van der Waals surface area contributed by atoms with Crippen LogP contribution in [0.1, 0.15) is 50.2 Å². The fourth-order valence-corrected chi connectivity index (χ4v) is 2.49. The zero-order chi connectivity index (χ0) is 11.7. The van der Waals surface area contributed by atoms with Crippen LogP contribution in [0, 0.1) is 6.92 Å². The largest absolute Gasteiger partial charge is 0.384 e. The molecule has 16 heavy (non-hydrogen) atoms. The molecule has 0 spiro atoms. The molecular formula is C12H21N3O. The first-order valence-corrected chi connectivity index (χ1v) is 6.03. The van der Waals surface area contributed by atoms with Crippen molar-refractivity contribution in [2.75, 3.05) is 18.9 Å². The third-order valence-corrected chi connectivity index (χ3v) is 3.22. The van der Waals surface area contributed by atoms with E-state index < -0.39 is 0 Å². The third kappa shape index (κ3) is 1.94. The number of nitrogens with two attached hydrogens (primary N) is 1. The Kier molecular flexibility index (Phi) is 3.19. The Morgan fingerprint density at radius 3 is 2.75 bits per heavy atom. The topological polar surface area (TPSA) is 53.1 Å². The van der Waals surface area contributed by atoms with E-state index in [2.05, 4.69) is 23.4 Å². The molecule has 1 aliphatic rings. The summed E-state index contributed by atoms with van der Waals surface area (Å²) in [5.74, 6) is 2.21. The van der Waals surface area contributed by atoms with Crippen LogP contribution in [0.25, 0.3) is 0 Å². The number of imidazole rings is 1. The summed E-state index contributed by atoms with van der Waals surface area (Å²) in [6.07, 6.45) is 2.25. The summed E-state index contributed by atoms with van der Waals surface area (Å²) in [4.78, 5) is 4.61. The van der Waals surface area contributed by atoms with Gasteiger partial charge in [0.1, 0.15) is 11.6 Å². The molecule has 1 aromatic heterocycles. The van der Waals surface area contributed by atoms with Crippen molar-refractivity contribution < 1.29 is 4.74 Å². The van der Waals surface area contributed by atoms with Crippen LogP contribution >= 0.6 is 0 Å². The Morgan fingerprint density at radius 1 is 1.50 bits per heavy atom. The molecule has 0 radical (unpaired) electrons. The number of aromatic nitrogens is 2. The van der Waals surface area contributed by atoms with E-state index in [-0.39, 0.29) is 0 Å². The molecule has 0 saturated carbocycles. The second kappa shape index (κ2) is 4.45. The minimum absolute atomic E-state index is 0.366. The van der Waals surface area contributed by atoms with E-state index in [0.717, 1.165) is 43.4 Å². The number of anilines is 1. The number of hydrogen-bond acceptors (Lipinski definition) is 3. The van der Waals surface area contributed by atoms with E-state index in [0.29, 0.717) is 12.0 Å². The molecule has 90 valence electrons. The molecule has 1 saturated heterocycles. The molecule has 0 aliphatic carbocycles. The summed E-state index contributed by atoms with van der Waals surface area (Å²) in [6, 6.07) is 0.366. The number of hydrogen-bond donors (Lipinski definition) is 1. The lowest BCUT2D eigenvalue weighted by atomic mass is 9.98. The monoisotopic (exact) mass is 223 g/mol. The van der Waals surface area contributed by atoms with Crippen molar-refractivity contribution >= 4 is 5.82 Å². The van der Waals surface area contributed by atoms with Crippen LogP contribution < -0.4 is 5.73 Å². The van der Waals surface area contributed by atoms with Gasteiger partial charge in [0.05, 0.1) is 12.3 Å². The number of rotatable bonds is 2. The maximum Gasteiger partial charge on any atom is 0.127 e. The Bertz CT molecular complexity index is 365. The molecule has 4 nitrogen and oxygen atoms in total. The minimum Gasteiger partial charge on any atom is -0.384 e. The van der Waals surface area contributed by atoms with Gasteiger partial charge in [-0.25, -0.2) is 4.98 Å². The third-order valence-electron chi connectivity index (χ3n) is 3.22. The van der Waals surface area contributed by atoms with Gasteiger partial charge in [0.2, 0.25) is 0 Å². The fraction of sp³-hybridized carbons (Fsp3) is 0.750.